The van der Waals surface area contributed by atoms with Crippen LogP contribution in [0.1, 0.15) is 36.9 Å². The number of nitrogens with zero attached hydrogens (tertiary/aromatic N) is 3. The number of hydrogen-bond acceptors (Lipinski definition) is 4. The number of H-pyrrole nitrogens is 1. The number of rotatable bonds is 6. The quantitative estimate of drug-likeness (QED) is 0.341. The molecule has 108 valence electrons. The molecule has 1 saturated carbocycles. The van der Waals surface area contributed by atoms with Crippen LogP contribution < -0.4 is 16.8 Å². The Bertz CT molecular complexity index is 507. The summed E-state index contributed by atoms with van der Waals surface area (Å²) in [5.74, 6) is 1.49. The highest BCUT2D eigenvalue weighted by Gasteiger charge is 2.16. The van der Waals surface area contributed by atoms with Crippen molar-refractivity contribution in [3.05, 3.63) is 11.3 Å². The highest BCUT2D eigenvalue weighted by Crippen LogP contribution is 2.26. The predicted octanol–water partition coefficient (Wildman–Crippen LogP) is 0.501. The van der Waals surface area contributed by atoms with Gasteiger partial charge in [0.05, 0.1) is 5.69 Å². The molecule has 0 bridgehead atoms. The molecule has 0 saturated heterocycles. The van der Waals surface area contributed by atoms with Gasteiger partial charge in [-0.2, -0.15) is 10.4 Å². The molecule has 0 aliphatic heterocycles. The van der Waals surface area contributed by atoms with E-state index >= 15 is 0 Å². The number of guanidine groups is 1. The van der Waals surface area contributed by atoms with Crippen LogP contribution in [0.3, 0.4) is 0 Å². The molecule has 0 aromatic carbocycles. The normalized spacial score (nSPS) is 15.7. The number of aromatic amines is 1. The molecule has 1 heterocycles. The molecule has 2 rings (SSSR count). The van der Waals surface area contributed by atoms with Crippen LogP contribution in [0.15, 0.2) is 4.99 Å². The summed E-state index contributed by atoms with van der Waals surface area (Å²) < 4.78 is 0. The van der Waals surface area contributed by atoms with Gasteiger partial charge in [-0.05, 0) is 31.6 Å². The Morgan fingerprint density at radius 2 is 2.35 bits per heavy atom. The summed E-state index contributed by atoms with van der Waals surface area (Å²) in [5, 5.41) is 18.6. The summed E-state index contributed by atoms with van der Waals surface area (Å²) in [4.78, 5) is 4.32. The van der Waals surface area contributed by atoms with E-state index in [1.54, 1.807) is 0 Å². The van der Waals surface area contributed by atoms with E-state index in [4.69, 9.17) is 16.7 Å². The van der Waals surface area contributed by atoms with Gasteiger partial charge in [-0.3, -0.25) is 10.1 Å². The summed E-state index contributed by atoms with van der Waals surface area (Å²) in [7, 11) is 0. The Labute approximate surface area is 118 Å². The van der Waals surface area contributed by atoms with Crippen LogP contribution in [-0.2, 0) is 6.42 Å². The van der Waals surface area contributed by atoms with Gasteiger partial charge in [-0.25, -0.2) is 0 Å². The van der Waals surface area contributed by atoms with E-state index in [0.29, 0.717) is 24.5 Å². The number of nitrogen functional groups attached to an aromatic ring is 1. The van der Waals surface area contributed by atoms with Gasteiger partial charge < -0.3 is 16.8 Å². The predicted molar refractivity (Wildman–Crippen MR) is 77.9 cm³/mol. The Kier molecular flexibility index (Phi) is 4.82. The van der Waals surface area contributed by atoms with Gasteiger partial charge >= 0.3 is 0 Å². The lowest BCUT2D eigenvalue weighted by atomic mass is 9.86. The van der Waals surface area contributed by atoms with E-state index in [1.165, 1.54) is 19.3 Å². The second kappa shape index (κ2) is 6.80. The average Bonchev–Trinajstić information content (AvgIpc) is 2.73. The van der Waals surface area contributed by atoms with Crippen molar-refractivity contribution in [2.24, 2.45) is 16.6 Å². The fourth-order valence-corrected chi connectivity index (χ4v) is 2.14. The number of aryl methyl sites for hydroxylation is 1. The van der Waals surface area contributed by atoms with Crippen LogP contribution >= 0.6 is 0 Å². The molecule has 0 spiro atoms. The number of hydrogen-bond donors (Lipinski definition) is 4. The third-order valence-corrected chi connectivity index (χ3v) is 3.64. The van der Waals surface area contributed by atoms with E-state index < -0.39 is 0 Å². The number of anilines is 1. The minimum Gasteiger partial charge on any atom is -0.381 e. The lowest BCUT2D eigenvalue weighted by Crippen LogP contribution is -2.33. The van der Waals surface area contributed by atoms with Crippen molar-refractivity contribution in [3.63, 3.8) is 0 Å². The summed E-state index contributed by atoms with van der Waals surface area (Å²) in [5.41, 5.74) is 12.6. The van der Waals surface area contributed by atoms with Crippen LogP contribution in [0.2, 0.25) is 0 Å². The van der Waals surface area contributed by atoms with E-state index in [0.717, 1.165) is 24.6 Å². The molecule has 0 atom stereocenters. The van der Waals surface area contributed by atoms with Crippen molar-refractivity contribution in [3.8, 4) is 6.07 Å². The highest BCUT2D eigenvalue weighted by atomic mass is 15.2. The molecular weight excluding hydrogens is 254 g/mol. The lowest BCUT2D eigenvalue weighted by molar-refractivity contribution is 0.326. The summed E-state index contributed by atoms with van der Waals surface area (Å²) in [6.45, 7) is 1.54. The zero-order chi connectivity index (χ0) is 14.4. The Morgan fingerprint density at radius 1 is 1.55 bits per heavy atom. The Morgan fingerprint density at radius 3 is 3.00 bits per heavy atom. The largest absolute Gasteiger partial charge is 0.381 e. The van der Waals surface area contributed by atoms with E-state index in [-0.39, 0.29) is 5.82 Å². The first kappa shape index (κ1) is 14.2. The number of nitrogens with two attached hydrogens (primary N) is 2. The van der Waals surface area contributed by atoms with Crippen LogP contribution in [-0.4, -0.2) is 29.2 Å². The second-order valence-corrected chi connectivity index (χ2v) is 5.13. The molecule has 1 aromatic rings. The number of nitrogens with one attached hydrogen (secondary N) is 2. The van der Waals surface area contributed by atoms with E-state index in [1.807, 2.05) is 0 Å². The van der Waals surface area contributed by atoms with Gasteiger partial charge in [0.25, 0.3) is 0 Å². The lowest BCUT2D eigenvalue weighted by Gasteiger charge is -2.23. The van der Waals surface area contributed by atoms with Crippen LogP contribution in [0.25, 0.3) is 0 Å². The fourth-order valence-electron chi connectivity index (χ4n) is 2.14. The molecule has 0 radical (unpaired) electrons. The SMILES string of the molecule is N#Cc1c(N)n[nH]c1CCCNC(N)=NCC1CCC1. The van der Waals surface area contributed by atoms with Gasteiger partial charge in [0.15, 0.2) is 11.8 Å². The summed E-state index contributed by atoms with van der Waals surface area (Å²) in [6, 6.07) is 2.05. The van der Waals surface area contributed by atoms with Gasteiger partial charge in [0, 0.05) is 13.1 Å². The molecule has 0 amide bonds. The number of nitriles is 1. The fraction of sp³-hybridized carbons (Fsp3) is 0.615. The van der Waals surface area contributed by atoms with Crippen molar-refractivity contribution in [1.82, 2.24) is 15.5 Å². The summed E-state index contributed by atoms with van der Waals surface area (Å²) >= 11 is 0. The van der Waals surface area contributed by atoms with E-state index in [2.05, 4.69) is 26.6 Å². The standard InChI is InChI=1S/C13H21N7/c14-7-10-11(19-20-12(10)15)5-2-6-17-13(16)18-8-9-3-1-4-9/h9H,1-6,8H2,(H3,15,19,20)(H3,16,17,18). The number of aromatic nitrogens is 2. The van der Waals surface area contributed by atoms with Gasteiger partial charge in [-0.1, -0.05) is 6.42 Å². The average molecular weight is 275 g/mol. The Balaban J connectivity index is 1.66. The molecule has 1 aromatic heterocycles. The van der Waals surface area contributed by atoms with Crippen LogP contribution in [0.5, 0.6) is 0 Å². The first-order valence-electron chi connectivity index (χ1n) is 6.97. The third-order valence-electron chi connectivity index (χ3n) is 3.64. The van der Waals surface area contributed by atoms with Crippen molar-refractivity contribution in [2.45, 2.75) is 32.1 Å². The number of aliphatic imine (C=N–C) groups is 1. The monoisotopic (exact) mass is 275 g/mol. The zero-order valence-electron chi connectivity index (χ0n) is 11.5. The molecule has 1 fully saturated rings. The van der Waals surface area contributed by atoms with Crippen molar-refractivity contribution in [1.29, 1.82) is 5.26 Å². The molecule has 1 aliphatic carbocycles. The molecule has 6 N–H and O–H groups in total. The smallest absolute Gasteiger partial charge is 0.188 e. The van der Waals surface area contributed by atoms with Gasteiger partial charge in [0.1, 0.15) is 11.6 Å². The third kappa shape index (κ3) is 3.63. The maximum absolute atomic E-state index is 8.94. The Hall–Kier alpha value is -2.23. The van der Waals surface area contributed by atoms with Crippen molar-refractivity contribution in [2.75, 3.05) is 18.8 Å². The maximum Gasteiger partial charge on any atom is 0.188 e. The second-order valence-electron chi connectivity index (χ2n) is 5.13. The van der Waals surface area contributed by atoms with Crippen molar-refractivity contribution < 1.29 is 0 Å². The zero-order valence-corrected chi connectivity index (χ0v) is 11.5. The molecule has 1 aliphatic rings. The molecule has 20 heavy (non-hydrogen) atoms. The van der Waals surface area contributed by atoms with Crippen LogP contribution in [0, 0.1) is 17.2 Å². The maximum atomic E-state index is 8.94. The van der Waals surface area contributed by atoms with Crippen LogP contribution in [0.4, 0.5) is 5.82 Å². The molecule has 0 unspecified atom stereocenters. The highest BCUT2D eigenvalue weighted by molar-refractivity contribution is 5.77. The molecule has 7 heteroatoms. The van der Waals surface area contributed by atoms with Gasteiger partial charge in [-0.15, -0.1) is 0 Å². The first-order valence-corrected chi connectivity index (χ1v) is 6.97. The topological polar surface area (TPSA) is 129 Å². The summed E-state index contributed by atoms with van der Waals surface area (Å²) in [6.07, 6.45) is 5.40. The van der Waals surface area contributed by atoms with Crippen molar-refractivity contribution >= 4 is 11.8 Å². The van der Waals surface area contributed by atoms with Gasteiger partial charge in [0.2, 0.25) is 0 Å². The first-order chi connectivity index (χ1) is 9.70. The van der Waals surface area contributed by atoms with E-state index in [9.17, 15) is 0 Å². The molecular formula is C13H21N7. The minimum atomic E-state index is 0.261. The molecule has 7 nitrogen and oxygen atoms in total. The minimum absolute atomic E-state index is 0.261.